The third-order valence-corrected chi connectivity index (χ3v) is 15.4. The fourth-order valence-corrected chi connectivity index (χ4v) is 10.7. The summed E-state index contributed by atoms with van der Waals surface area (Å²) >= 11 is 14.6. The molecule has 12 aromatic rings. The van der Waals surface area contributed by atoms with Crippen LogP contribution in [0.1, 0.15) is 22.3 Å². The van der Waals surface area contributed by atoms with E-state index in [2.05, 4.69) is 78.0 Å². The average molecular weight is 1250 g/mol. The minimum atomic E-state index is -0.502. The summed E-state index contributed by atoms with van der Waals surface area (Å²) in [5.41, 5.74) is 0.870. The van der Waals surface area contributed by atoms with Crippen LogP contribution in [-0.2, 0) is 54.6 Å². The summed E-state index contributed by atoms with van der Waals surface area (Å²) in [4.78, 5) is 47.4. The van der Waals surface area contributed by atoms with Gasteiger partial charge in [-0.2, -0.15) is 18.7 Å². The second kappa shape index (κ2) is 25.0. The van der Waals surface area contributed by atoms with Crippen molar-refractivity contribution in [3.63, 3.8) is 0 Å². The van der Waals surface area contributed by atoms with Gasteiger partial charge in [0.2, 0.25) is 23.5 Å². The number of nitrogens with zero attached hydrogens (tertiary/aromatic N) is 20. The van der Waals surface area contributed by atoms with Crippen molar-refractivity contribution in [2.75, 3.05) is 0 Å². The Morgan fingerprint density at radius 2 is 0.873 bits per heavy atom. The van der Waals surface area contributed by atoms with Crippen LogP contribution in [0.25, 0.3) is 20.0 Å². The average Bonchev–Trinajstić information content (AvgIpc) is 4.29. The summed E-state index contributed by atoms with van der Waals surface area (Å²) < 4.78 is 74.5. The van der Waals surface area contributed by atoms with Crippen molar-refractivity contribution < 1.29 is 29.0 Å². The Balaban J connectivity index is 0.000000133. The van der Waals surface area contributed by atoms with E-state index in [1.807, 2.05) is 16.8 Å². The van der Waals surface area contributed by atoms with Crippen molar-refractivity contribution in [2.45, 2.75) is 26.4 Å². The SMILES string of the molecule is [3H]n1ccc(OCc2c(Br)csc2-n2nnn(C)c2=O)n1.[3H]n1ccc(OCc2c(Cl)csc2-n2nnn(C)c2=O)n1.[3H]n1ccc(OCc2c(F)csc2-n2nnn(C)c2=O)n1.[3H]n1ccc(OCc2ccsc2-n2nnn(C)c2=O)n1. The molecule has 32 nitrogen and oxygen atoms in total. The molecule has 79 heavy (non-hydrogen) atoms. The number of hydrogen-bond acceptors (Lipinski definition) is 24. The van der Waals surface area contributed by atoms with Crippen molar-refractivity contribution in [3.8, 4) is 43.5 Å². The molecule has 0 saturated heterocycles. The molecule has 12 heterocycles. The first kappa shape index (κ1) is 49.6. The minimum absolute atomic E-state index is 0.109. The van der Waals surface area contributed by atoms with Gasteiger partial charge in [0.1, 0.15) is 52.2 Å². The van der Waals surface area contributed by atoms with Crippen molar-refractivity contribution in [1.29, 1.82) is 0 Å². The van der Waals surface area contributed by atoms with Crippen LogP contribution in [0.4, 0.5) is 4.39 Å². The zero-order valence-electron chi connectivity index (χ0n) is 44.6. The molecule has 0 bridgehead atoms. The Hall–Kier alpha value is -8.98. The fourth-order valence-electron chi connectivity index (χ4n) is 6.15. The Labute approximate surface area is 473 Å². The molecule has 0 aromatic carbocycles. The Bertz CT molecular complexity index is 4070. The number of aromatic amines is 4. The van der Waals surface area contributed by atoms with Gasteiger partial charge in [-0.05, 0) is 69.1 Å². The second-order valence-electron chi connectivity index (χ2n) is 15.2. The lowest BCUT2D eigenvalue weighted by Crippen LogP contribution is -2.22. The highest BCUT2D eigenvalue weighted by atomic mass is 79.9. The summed E-state index contributed by atoms with van der Waals surface area (Å²) in [7, 11) is 6.03. The topological polar surface area (TPSA) is 362 Å². The molecule has 0 aliphatic rings. The maximum atomic E-state index is 13.8. The largest absolute Gasteiger partial charge is 0.472 e. The molecule has 12 rings (SSSR count). The monoisotopic (exact) mass is 1250 g/mol. The molecule has 39 heteroatoms. The lowest BCUT2D eigenvalue weighted by atomic mass is 10.3. The van der Waals surface area contributed by atoms with E-state index in [4.69, 9.17) is 36.2 Å². The van der Waals surface area contributed by atoms with Gasteiger partial charge >= 0.3 is 22.8 Å². The van der Waals surface area contributed by atoms with Crippen molar-refractivity contribution in [3.05, 3.63) is 156 Å². The molecule has 0 atom stereocenters. The molecule has 410 valence electrons. The smallest absolute Gasteiger partial charge is 0.368 e. The summed E-state index contributed by atoms with van der Waals surface area (Å²) in [5.74, 6) is 0.666. The molecule has 0 aliphatic carbocycles. The lowest BCUT2D eigenvalue weighted by molar-refractivity contribution is 0.288. The van der Waals surface area contributed by atoms with Crippen LogP contribution in [0.3, 0.4) is 0 Å². The number of rotatable bonds is 16. The molecule has 0 aliphatic heterocycles. The third-order valence-electron chi connectivity index (χ3n) is 10.1. The first-order valence-electron chi connectivity index (χ1n) is 23.6. The highest BCUT2D eigenvalue weighted by Crippen LogP contribution is 2.32. The molecule has 0 fully saturated rings. The maximum absolute atomic E-state index is 13.8. The van der Waals surface area contributed by atoms with E-state index in [0.717, 1.165) is 70.7 Å². The van der Waals surface area contributed by atoms with Crippen LogP contribution in [0.15, 0.2) is 100 Å². The van der Waals surface area contributed by atoms with Gasteiger partial charge in [-0.15, -0.1) is 84.5 Å². The first-order valence-corrected chi connectivity index (χ1v) is 26.5. The van der Waals surface area contributed by atoms with Crippen molar-refractivity contribution in [2.24, 2.45) is 28.2 Å². The number of tetrazole rings is 4. The predicted octanol–water partition coefficient (Wildman–Crippen LogP) is 2.87. The van der Waals surface area contributed by atoms with E-state index in [0.29, 0.717) is 48.2 Å². The zero-order chi connectivity index (χ0) is 59.1. The van der Waals surface area contributed by atoms with Crippen LogP contribution in [0.2, 0.25) is 10.7 Å². The van der Waals surface area contributed by atoms with E-state index < -0.39 is 11.5 Å². The van der Waals surface area contributed by atoms with Gasteiger partial charge in [-0.25, -0.2) is 23.6 Å². The number of H-pyrrole nitrogens is 4. The number of ether oxygens (including phenoxy) is 4. The van der Waals surface area contributed by atoms with Crippen LogP contribution in [0.5, 0.6) is 23.5 Å². The standard InChI is InChI=1S/C10H9BrN6O2S.C10H9ClN6O2S.C10H9FN6O2S.C10H10N6O2S/c3*1-16-10(18)17(15-14-16)9-6(7(11)5-20-9)4-19-8-2-3-12-13-8;1-15-10(17)16(14-13-15)9-7(3-5-19-9)6-18-8-2-4-11-12-8/h3*2-3,5H,4H2,1H3,(H,12,13);2-5H,6H2,1H3,(H,11,12)/i/hT4. The van der Waals surface area contributed by atoms with E-state index in [9.17, 15) is 23.6 Å². The summed E-state index contributed by atoms with van der Waals surface area (Å²) in [6, 6.07) is 8.06. The quantitative estimate of drug-likeness (QED) is 0.108. The van der Waals surface area contributed by atoms with Gasteiger partial charge in [-0.1, -0.05) is 11.6 Å². The number of thiophene rings is 4. The third kappa shape index (κ3) is 12.7. The van der Waals surface area contributed by atoms with Gasteiger partial charge in [0, 0.05) is 115 Å². The first-order chi connectivity index (χ1) is 39.8. The molecule has 0 radical (unpaired) electrons. The number of hydrogen-bond donors (Lipinski definition) is 4. The maximum Gasteiger partial charge on any atom is 0.368 e. The molecular weight excluding hydrogens is 1210 g/mol. The summed E-state index contributed by atoms with van der Waals surface area (Å²) in [6.07, 6.45) is 5.76. The minimum Gasteiger partial charge on any atom is -0.472 e. The zero-order valence-corrected chi connectivity index (χ0v) is 46.2. The van der Waals surface area contributed by atoms with Crippen LogP contribution >= 0.6 is 72.9 Å². The van der Waals surface area contributed by atoms with Crippen molar-refractivity contribution >= 4 is 72.9 Å². The Kier molecular flexibility index (Phi) is 15.7. The van der Waals surface area contributed by atoms with Crippen LogP contribution < -0.4 is 41.7 Å². The Morgan fingerprint density at radius 3 is 1.29 bits per heavy atom. The molecule has 0 saturated carbocycles. The van der Waals surface area contributed by atoms with Crippen molar-refractivity contribution in [1.82, 2.24) is 120 Å². The van der Waals surface area contributed by atoms with Gasteiger partial charge in [-0.3, -0.25) is 20.4 Å². The molecule has 0 unspecified atom stereocenters. The lowest BCUT2D eigenvalue weighted by Gasteiger charge is -2.04. The molecule has 12 aromatic heterocycles. The number of aromatic nitrogens is 24. The predicted molar refractivity (Wildman–Crippen MR) is 282 cm³/mol. The number of aryl methyl sites for hydroxylation is 4. The van der Waals surface area contributed by atoms with Gasteiger partial charge in [0.25, 0.3) is 0 Å². The highest BCUT2D eigenvalue weighted by molar-refractivity contribution is 9.10. The van der Waals surface area contributed by atoms with E-state index >= 15 is 0 Å². The normalized spacial score (nSPS) is 11.6. The number of halogens is 3. The van der Waals surface area contributed by atoms with E-state index in [1.54, 1.807) is 23.6 Å². The highest BCUT2D eigenvalue weighted by Gasteiger charge is 2.21. The van der Waals surface area contributed by atoms with E-state index in [-0.39, 0.29) is 54.9 Å². The Morgan fingerprint density at radius 1 is 0.506 bits per heavy atom. The molecule has 0 amide bonds. The summed E-state index contributed by atoms with van der Waals surface area (Å²) in [5, 5.41) is 57.6. The van der Waals surface area contributed by atoms with E-state index in [1.165, 1.54) is 112 Å². The van der Waals surface area contributed by atoms with Gasteiger partial charge in [0.15, 0.2) is 5.65 Å². The fraction of sp³-hybridized carbons (Fsp3) is 0.200. The van der Waals surface area contributed by atoms with Gasteiger partial charge < -0.3 is 18.9 Å². The van der Waals surface area contributed by atoms with Gasteiger partial charge in [0.05, 0.1) is 10.6 Å². The molecular formula is C40H37BrClFN24O8S4. The van der Waals surface area contributed by atoms with Crippen LogP contribution in [-0.4, -0.2) is 120 Å². The summed E-state index contributed by atoms with van der Waals surface area (Å²) in [6.45, 7) is 0.403. The second-order valence-corrected chi connectivity index (χ2v) is 19.9. The molecule has 0 spiro atoms. The van der Waals surface area contributed by atoms with Crippen LogP contribution in [0, 0.1) is 5.82 Å². The number of nitrogens with one attached hydrogen (secondary N) is 4. The molecule has 4 N–H and O–H groups in total.